The highest BCUT2D eigenvalue weighted by Crippen LogP contribution is 2.10. The largest absolute Gasteiger partial charge is 0.497 e. The standard InChI is InChI=1S/C17H22N4O3/c1-18-17(20-10-13-5-7-14(23-2)8-6-13)21-12-16(22)19-11-15-4-3-9-24-15/h3-9H,10-12H2,1-2H3,(H,19,22)(H2,18,20,21). The maximum Gasteiger partial charge on any atom is 0.239 e. The molecule has 1 aromatic carbocycles. The van der Waals surface area contributed by atoms with Gasteiger partial charge in [-0.05, 0) is 29.8 Å². The zero-order valence-electron chi connectivity index (χ0n) is 13.8. The van der Waals surface area contributed by atoms with Crippen LogP contribution in [0.2, 0.25) is 0 Å². The topological polar surface area (TPSA) is 87.9 Å². The van der Waals surface area contributed by atoms with Gasteiger partial charge in [0.05, 0.1) is 26.5 Å². The van der Waals surface area contributed by atoms with Crippen molar-refractivity contribution in [2.75, 3.05) is 20.7 Å². The Kier molecular flexibility index (Phi) is 6.70. The second-order valence-corrected chi connectivity index (χ2v) is 4.98. The van der Waals surface area contributed by atoms with Gasteiger partial charge in [0.2, 0.25) is 5.91 Å². The van der Waals surface area contributed by atoms with Crippen molar-refractivity contribution in [3.05, 3.63) is 54.0 Å². The molecule has 1 heterocycles. The second-order valence-electron chi connectivity index (χ2n) is 4.98. The zero-order valence-corrected chi connectivity index (χ0v) is 13.8. The minimum Gasteiger partial charge on any atom is -0.497 e. The first-order valence-electron chi connectivity index (χ1n) is 7.58. The number of amides is 1. The van der Waals surface area contributed by atoms with E-state index in [2.05, 4.69) is 20.9 Å². The van der Waals surface area contributed by atoms with Crippen molar-refractivity contribution in [2.24, 2.45) is 4.99 Å². The molecule has 0 radical (unpaired) electrons. The number of nitrogens with one attached hydrogen (secondary N) is 3. The molecule has 24 heavy (non-hydrogen) atoms. The summed E-state index contributed by atoms with van der Waals surface area (Å²) >= 11 is 0. The third-order valence-corrected chi connectivity index (χ3v) is 3.30. The van der Waals surface area contributed by atoms with E-state index in [1.165, 1.54) is 0 Å². The first kappa shape index (κ1) is 17.4. The predicted octanol–water partition coefficient (Wildman–Crippen LogP) is 1.27. The van der Waals surface area contributed by atoms with E-state index >= 15 is 0 Å². The number of nitrogens with zero attached hydrogens (tertiary/aromatic N) is 1. The number of methoxy groups -OCH3 is 1. The van der Waals surface area contributed by atoms with Crippen LogP contribution >= 0.6 is 0 Å². The summed E-state index contributed by atoms with van der Waals surface area (Å²) in [6.07, 6.45) is 1.57. The number of guanidine groups is 1. The molecular formula is C17H22N4O3. The Balaban J connectivity index is 1.70. The SMILES string of the molecule is CN=C(NCC(=O)NCc1ccco1)NCc1ccc(OC)cc1. The minimum absolute atomic E-state index is 0.128. The van der Waals surface area contributed by atoms with Crippen molar-refractivity contribution < 1.29 is 13.9 Å². The fourth-order valence-corrected chi connectivity index (χ4v) is 1.98. The first-order chi connectivity index (χ1) is 11.7. The third-order valence-electron chi connectivity index (χ3n) is 3.30. The molecule has 128 valence electrons. The number of ether oxygens (including phenoxy) is 1. The third kappa shape index (κ3) is 5.68. The Morgan fingerprint density at radius 1 is 1.12 bits per heavy atom. The number of benzene rings is 1. The van der Waals surface area contributed by atoms with Crippen LogP contribution in [-0.2, 0) is 17.9 Å². The van der Waals surface area contributed by atoms with Crippen molar-refractivity contribution in [3.8, 4) is 5.75 Å². The van der Waals surface area contributed by atoms with E-state index in [0.29, 0.717) is 24.8 Å². The highest BCUT2D eigenvalue weighted by atomic mass is 16.5. The molecule has 0 fully saturated rings. The Hall–Kier alpha value is -2.96. The van der Waals surface area contributed by atoms with Gasteiger partial charge in [0.1, 0.15) is 11.5 Å². The molecule has 0 aliphatic heterocycles. The summed E-state index contributed by atoms with van der Waals surface area (Å²) in [5.41, 5.74) is 1.08. The lowest BCUT2D eigenvalue weighted by Crippen LogP contribution is -2.42. The van der Waals surface area contributed by atoms with Crippen molar-refractivity contribution >= 4 is 11.9 Å². The van der Waals surface area contributed by atoms with Crippen LogP contribution in [0.1, 0.15) is 11.3 Å². The number of hydrogen-bond donors (Lipinski definition) is 3. The van der Waals surface area contributed by atoms with Gasteiger partial charge in [-0.2, -0.15) is 0 Å². The Morgan fingerprint density at radius 2 is 1.92 bits per heavy atom. The molecule has 1 aromatic heterocycles. The Labute approximate surface area is 141 Å². The average molecular weight is 330 g/mol. The molecule has 0 spiro atoms. The molecule has 0 saturated heterocycles. The van der Waals surface area contributed by atoms with Crippen LogP contribution in [0.25, 0.3) is 0 Å². The fourth-order valence-electron chi connectivity index (χ4n) is 1.98. The number of hydrogen-bond acceptors (Lipinski definition) is 4. The average Bonchev–Trinajstić information content (AvgIpc) is 3.14. The van der Waals surface area contributed by atoms with Gasteiger partial charge < -0.3 is 25.1 Å². The quantitative estimate of drug-likeness (QED) is 0.526. The molecule has 0 aliphatic carbocycles. The van der Waals surface area contributed by atoms with E-state index in [9.17, 15) is 4.79 Å². The lowest BCUT2D eigenvalue weighted by atomic mass is 10.2. The van der Waals surface area contributed by atoms with Crippen LogP contribution in [0.15, 0.2) is 52.1 Å². The van der Waals surface area contributed by atoms with Gasteiger partial charge in [-0.1, -0.05) is 12.1 Å². The zero-order chi connectivity index (χ0) is 17.2. The molecule has 2 rings (SSSR count). The molecule has 0 unspecified atom stereocenters. The van der Waals surface area contributed by atoms with E-state index in [1.54, 1.807) is 26.5 Å². The van der Waals surface area contributed by atoms with E-state index in [4.69, 9.17) is 9.15 Å². The van der Waals surface area contributed by atoms with Crippen LogP contribution in [0.3, 0.4) is 0 Å². The summed E-state index contributed by atoms with van der Waals surface area (Å²) in [6.45, 7) is 1.09. The summed E-state index contributed by atoms with van der Waals surface area (Å²) in [6, 6.07) is 11.3. The molecule has 0 aliphatic rings. The van der Waals surface area contributed by atoms with Crippen LogP contribution < -0.4 is 20.7 Å². The molecule has 7 nitrogen and oxygen atoms in total. The first-order valence-corrected chi connectivity index (χ1v) is 7.58. The minimum atomic E-state index is -0.140. The molecule has 0 saturated carbocycles. The smallest absolute Gasteiger partial charge is 0.239 e. The van der Waals surface area contributed by atoms with Crippen LogP contribution in [0, 0.1) is 0 Å². The van der Waals surface area contributed by atoms with Gasteiger partial charge in [-0.25, -0.2) is 0 Å². The van der Waals surface area contributed by atoms with Gasteiger partial charge in [0.15, 0.2) is 5.96 Å². The van der Waals surface area contributed by atoms with Crippen molar-refractivity contribution in [3.63, 3.8) is 0 Å². The molecule has 7 heteroatoms. The van der Waals surface area contributed by atoms with Crippen molar-refractivity contribution in [1.82, 2.24) is 16.0 Å². The Morgan fingerprint density at radius 3 is 2.54 bits per heavy atom. The summed E-state index contributed by atoms with van der Waals surface area (Å²) in [5.74, 6) is 1.94. The van der Waals surface area contributed by atoms with Crippen LogP contribution in [-0.4, -0.2) is 32.6 Å². The summed E-state index contributed by atoms with van der Waals surface area (Å²) < 4.78 is 10.3. The number of furan rings is 1. The summed E-state index contributed by atoms with van der Waals surface area (Å²) in [4.78, 5) is 15.9. The Bertz CT molecular complexity index is 651. The maximum absolute atomic E-state index is 11.8. The molecular weight excluding hydrogens is 308 g/mol. The second kappa shape index (κ2) is 9.24. The van der Waals surface area contributed by atoms with Gasteiger partial charge in [-0.3, -0.25) is 9.79 Å². The van der Waals surface area contributed by atoms with E-state index in [-0.39, 0.29) is 12.5 Å². The normalized spacial score (nSPS) is 11.0. The van der Waals surface area contributed by atoms with E-state index < -0.39 is 0 Å². The van der Waals surface area contributed by atoms with Gasteiger partial charge >= 0.3 is 0 Å². The molecule has 3 N–H and O–H groups in total. The summed E-state index contributed by atoms with van der Waals surface area (Å²) in [5, 5.41) is 8.87. The number of rotatable bonds is 7. The van der Waals surface area contributed by atoms with Crippen LogP contribution in [0.5, 0.6) is 5.75 Å². The monoisotopic (exact) mass is 330 g/mol. The molecule has 0 bridgehead atoms. The van der Waals surface area contributed by atoms with E-state index in [1.807, 2.05) is 30.3 Å². The highest BCUT2D eigenvalue weighted by molar-refractivity contribution is 5.86. The fraction of sp³-hybridized carbons (Fsp3) is 0.294. The number of carbonyl (C=O) groups excluding carboxylic acids is 1. The van der Waals surface area contributed by atoms with Gasteiger partial charge in [-0.15, -0.1) is 0 Å². The predicted molar refractivity (Wildman–Crippen MR) is 91.8 cm³/mol. The molecule has 0 atom stereocenters. The molecule has 2 aromatic rings. The lowest BCUT2D eigenvalue weighted by molar-refractivity contribution is -0.120. The van der Waals surface area contributed by atoms with E-state index in [0.717, 1.165) is 11.3 Å². The highest BCUT2D eigenvalue weighted by Gasteiger charge is 2.04. The van der Waals surface area contributed by atoms with Crippen molar-refractivity contribution in [2.45, 2.75) is 13.1 Å². The van der Waals surface area contributed by atoms with Gasteiger partial charge in [0.25, 0.3) is 0 Å². The maximum atomic E-state index is 11.8. The van der Waals surface area contributed by atoms with Gasteiger partial charge in [0, 0.05) is 13.6 Å². The number of aliphatic imine (C=N–C) groups is 1. The van der Waals surface area contributed by atoms with Crippen LogP contribution in [0.4, 0.5) is 0 Å². The molecule has 1 amide bonds. The summed E-state index contributed by atoms with van der Waals surface area (Å²) in [7, 11) is 3.29. The number of carbonyl (C=O) groups is 1. The lowest BCUT2D eigenvalue weighted by Gasteiger charge is -2.12. The van der Waals surface area contributed by atoms with Crippen molar-refractivity contribution in [1.29, 1.82) is 0 Å².